The first-order valence-electron chi connectivity index (χ1n) is 11.2. The molecule has 1 fully saturated rings. The number of rotatable bonds is 3. The molecule has 6 rings (SSSR count). The molecule has 6 heteroatoms. The monoisotopic (exact) mass is 435 g/mol. The van der Waals surface area contributed by atoms with Crippen LogP contribution < -0.4 is 5.73 Å². The molecule has 33 heavy (non-hydrogen) atoms. The number of hydrogen-bond donors (Lipinski definition) is 2. The number of benzene rings is 2. The average molecular weight is 436 g/mol. The molecule has 164 valence electrons. The summed E-state index contributed by atoms with van der Waals surface area (Å²) in [5.41, 5.74) is 14.8. The van der Waals surface area contributed by atoms with E-state index in [4.69, 9.17) is 10.7 Å². The van der Waals surface area contributed by atoms with Crippen molar-refractivity contribution in [2.24, 2.45) is 5.73 Å². The van der Waals surface area contributed by atoms with Crippen molar-refractivity contribution in [2.75, 3.05) is 0 Å². The second-order valence-corrected chi connectivity index (χ2v) is 9.22. The molecule has 3 N–H and O–H groups in total. The highest BCUT2D eigenvalue weighted by atomic mass is 16.3. The van der Waals surface area contributed by atoms with Gasteiger partial charge in [-0.2, -0.15) is 9.61 Å². The van der Waals surface area contributed by atoms with E-state index in [0.29, 0.717) is 12.8 Å². The second kappa shape index (κ2) is 7.20. The average Bonchev–Trinajstić information content (AvgIpc) is 3.18. The van der Waals surface area contributed by atoms with Crippen LogP contribution in [0.1, 0.15) is 29.7 Å². The number of pyridine rings is 1. The summed E-state index contributed by atoms with van der Waals surface area (Å²) < 4.78 is 1.81. The van der Waals surface area contributed by atoms with Crippen LogP contribution in [0, 0.1) is 13.8 Å². The van der Waals surface area contributed by atoms with Crippen molar-refractivity contribution < 1.29 is 5.11 Å². The van der Waals surface area contributed by atoms with Crippen molar-refractivity contribution in [3.8, 4) is 22.4 Å². The highest BCUT2D eigenvalue weighted by Crippen LogP contribution is 2.40. The first-order valence-corrected chi connectivity index (χ1v) is 11.2. The highest BCUT2D eigenvalue weighted by Gasteiger charge is 2.41. The predicted molar refractivity (Wildman–Crippen MR) is 130 cm³/mol. The topological polar surface area (TPSA) is 89.3 Å². The van der Waals surface area contributed by atoms with Crippen LogP contribution in [0.25, 0.3) is 39.1 Å². The molecule has 1 aliphatic carbocycles. The number of fused-ring (bicyclic) bond motifs is 3. The first-order chi connectivity index (χ1) is 15.9. The van der Waals surface area contributed by atoms with Gasteiger partial charge in [-0.25, -0.2) is 9.97 Å². The summed E-state index contributed by atoms with van der Waals surface area (Å²) >= 11 is 0. The zero-order chi connectivity index (χ0) is 22.7. The number of aromatic nitrogens is 4. The van der Waals surface area contributed by atoms with Crippen LogP contribution >= 0.6 is 0 Å². The van der Waals surface area contributed by atoms with Crippen molar-refractivity contribution in [3.05, 3.63) is 83.7 Å². The van der Waals surface area contributed by atoms with Crippen molar-refractivity contribution in [3.63, 3.8) is 0 Å². The lowest BCUT2D eigenvalue weighted by molar-refractivity contribution is 0.0209. The van der Waals surface area contributed by atoms with Crippen LogP contribution in [-0.2, 0) is 5.54 Å². The Morgan fingerprint density at radius 2 is 1.76 bits per heavy atom. The first kappa shape index (κ1) is 20.0. The summed E-state index contributed by atoms with van der Waals surface area (Å²) in [6, 6.07) is 20.8. The van der Waals surface area contributed by atoms with Gasteiger partial charge in [-0.15, -0.1) is 0 Å². The van der Waals surface area contributed by atoms with Crippen LogP contribution in [0.3, 0.4) is 0 Å². The van der Waals surface area contributed by atoms with Gasteiger partial charge < -0.3 is 10.8 Å². The fourth-order valence-electron chi connectivity index (χ4n) is 4.93. The normalized spacial score (nSPS) is 20.3. The Kier molecular flexibility index (Phi) is 4.37. The number of aliphatic hydroxyl groups excluding tert-OH is 1. The summed E-state index contributed by atoms with van der Waals surface area (Å²) in [7, 11) is 0. The molecular weight excluding hydrogens is 410 g/mol. The minimum Gasteiger partial charge on any atom is -0.393 e. The standard InChI is InChI=1S/C27H25N5O/c1-16-5-3-4-6-22(16)23-12-19-15-29-24-11-17(2)31-32(24)26(19)30-25(23)18-7-9-20(10-8-18)27(28)13-21(33)14-27/h3-12,15,21,33H,13-14,28H2,1-2H3. The van der Waals surface area contributed by atoms with E-state index in [1.165, 1.54) is 5.56 Å². The molecule has 0 aliphatic heterocycles. The van der Waals surface area contributed by atoms with E-state index >= 15 is 0 Å². The Hall–Kier alpha value is -3.61. The van der Waals surface area contributed by atoms with Crippen molar-refractivity contribution >= 4 is 16.7 Å². The molecule has 1 saturated carbocycles. The molecule has 3 aromatic heterocycles. The van der Waals surface area contributed by atoms with Crippen molar-refractivity contribution in [2.45, 2.75) is 38.3 Å². The van der Waals surface area contributed by atoms with Crippen molar-refractivity contribution in [1.29, 1.82) is 0 Å². The van der Waals surface area contributed by atoms with E-state index in [2.05, 4.69) is 65.5 Å². The van der Waals surface area contributed by atoms with Gasteiger partial charge in [0.1, 0.15) is 0 Å². The Morgan fingerprint density at radius 3 is 2.48 bits per heavy atom. The van der Waals surface area contributed by atoms with Crippen LogP contribution in [0.4, 0.5) is 0 Å². The molecule has 0 radical (unpaired) electrons. The lowest BCUT2D eigenvalue weighted by Crippen LogP contribution is -2.51. The lowest BCUT2D eigenvalue weighted by atomic mass is 9.70. The SMILES string of the molecule is Cc1cc2ncc3cc(-c4ccccc4C)c(-c4ccc(C5(N)CC(O)C5)cc4)nc3n2n1. The van der Waals surface area contributed by atoms with Gasteiger partial charge >= 0.3 is 0 Å². The molecule has 6 nitrogen and oxygen atoms in total. The Morgan fingerprint density at radius 1 is 1.00 bits per heavy atom. The summed E-state index contributed by atoms with van der Waals surface area (Å²) in [4.78, 5) is 9.71. The number of nitrogens with two attached hydrogens (primary N) is 1. The Balaban J connectivity index is 1.57. The van der Waals surface area contributed by atoms with Crippen LogP contribution in [0.5, 0.6) is 0 Å². The van der Waals surface area contributed by atoms with E-state index in [-0.39, 0.29) is 6.10 Å². The molecule has 5 aromatic rings. The van der Waals surface area contributed by atoms with E-state index < -0.39 is 5.54 Å². The summed E-state index contributed by atoms with van der Waals surface area (Å²) in [5.74, 6) is 0. The van der Waals surface area contributed by atoms with E-state index in [1.807, 2.05) is 29.8 Å². The number of aryl methyl sites for hydroxylation is 2. The van der Waals surface area contributed by atoms with Gasteiger partial charge in [0.2, 0.25) is 0 Å². The highest BCUT2D eigenvalue weighted by molar-refractivity contribution is 5.91. The number of aliphatic hydroxyl groups is 1. The third kappa shape index (κ3) is 3.22. The Bertz CT molecular complexity index is 1510. The third-order valence-corrected chi connectivity index (χ3v) is 6.75. The predicted octanol–water partition coefficient (Wildman–Crippen LogP) is 4.54. The molecule has 0 spiro atoms. The molecule has 0 unspecified atom stereocenters. The van der Waals surface area contributed by atoms with Gasteiger partial charge in [-0.05, 0) is 49.4 Å². The largest absolute Gasteiger partial charge is 0.393 e. The van der Waals surface area contributed by atoms with Gasteiger partial charge in [-0.1, -0.05) is 48.5 Å². The second-order valence-electron chi connectivity index (χ2n) is 9.22. The van der Waals surface area contributed by atoms with Crippen LogP contribution in [0.15, 0.2) is 66.9 Å². The van der Waals surface area contributed by atoms with Crippen LogP contribution in [-0.4, -0.2) is 30.8 Å². The number of hydrogen-bond acceptors (Lipinski definition) is 5. The summed E-state index contributed by atoms with van der Waals surface area (Å²) in [6.45, 7) is 4.08. The molecule has 0 atom stereocenters. The maximum Gasteiger partial charge on any atom is 0.165 e. The number of nitrogens with zero attached hydrogens (tertiary/aromatic N) is 4. The third-order valence-electron chi connectivity index (χ3n) is 6.75. The summed E-state index contributed by atoms with van der Waals surface area (Å²) in [5, 5.41) is 15.3. The molecule has 0 amide bonds. The fraction of sp³-hybridized carbons (Fsp3) is 0.222. The molecule has 1 aliphatic rings. The minimum absolute atomic E-state index is 0.307. The van der Waals surface area contributed by atoms with Crippen molar-refractivity contribution in [1.82, 2.24) is 19.6 Å². The van der Waals surface area contributed by atoms with Gasteiger partial charge in [-0.3, -0.25) is 0 Å². The molecule has 2 aromatic carbocycles. The quantitative estimate of drug-likeness (QED) is 0.434. The lowest BCUT2D eigenvalue weighted by Gasteiger charge is -2.42. The maximum atomic E-state index is 9.75. The maximum absolute atomic E-state index is 9.75. The minimum atomic E-state index is -0.446. The molecule has 3 heterocycles. The molecular formula is C27H25N5O. The zero-order valence-electron chi connectivity index (χ0n) is 18.7. The molecule has 0 saturated heterocycles. The van der Waals surface area contributed by atoms with Gasteiger partial charge in [0.05, 0.1) is 17.5 Å². The fourth-order valence-corrected chi connectivity index (χ4v) is 4.93. The van der Waals surface area contributed by atoms with E-state index in [1.54, 1.807) is 0 Å². The van der Waals surface area contributed by atoms with Gasteiger partial charge in [0, 0.05) is 34.3 Å². The zero-order valence-corrected chi connectivity index (χ0v) is 18.7. The smallest absolute Gasteiger partial charge is 0.165 e. The summed E-state index contributed by atoms with van der Waals surface area (Å²) in [6.07, 6.45) is 2.75. The van der Waals surface area contributed by atoms with Gasteiger partial charge in [0.15, 0.2) is 11.3 Å². The molecule has 0 bridgehead atoms. The van der Waals surface area contributed by atoms with E-state index in [0.717, 1.165) is 50.3 Å². The van der Waals surface area contributed by atoms with Gasteiger partial charge in [0.25, 0.3) is 0 Å². The van der Waals surface area contributed by atoms with Crippen LogP contribution in [0.2, 0.25) is 0 Å². The Labute approximate surface area is 191 Å². The van der Waals surface area contributed by atoms with E-state index in [9.17, 15) is 5.11 Å².